The highest BCUT2D eigenvalue weighted by Gasteiger charge is 2.39. The summed E-state index contributed by atoms with van der Waals surface area (Å²) >= 11 is 3.39. The van der Waals surface area contributed by atoms with Crippen molar-refractivity contribution in [2.75, 3.05) is 6.54 Å². The predicted molar refractivity (Wildman–Crippen MR) is 58.6 cm³/mol. The van der Waals surface area contributed by atoms with Gasteiger partial charge in [0.1, 0.15) is 5.82 Å². The van der Waals surface area contributed by atoms with Crippen molar-refractivity contribution in [3.63, 3.8) is 0 Å². The number of nitrogens with one attached hydrogen (secondary N) is 1. The summed E-state index contributed by atoms with van der Waals surface area (Å²) in [5.41, 5.74) is 1.41. The first-order valence-electron chi connectivity index (χ1n) is 4.69. The van der Waals surface area contributed by atoms with Gasteiger partial charge in [-0.1, -0.05) is 35.8 Å². The quantitative estimate of drug-likeness (QED) is 0.815. The first-order chi connectivity index (χ1) is 6.50. The molecule has 1 aromatic rings. The second kappa shape index (κ2) is 3.31. The second-order valence-corrected chi connectivity index (χ2v) is 5.32. The summed E-state index contributed by atoms with van der Waals surface area (Å²) in [6.07, 6.45) is 0. The fourth-order valence-corrected chi connectivity index (χ4v) is 2.46. The van der Waals surface area contributed by atoms with Crippen LogP contribution in [0.1, 0.15) is 25.5 Å². The zero-order valence-electron chi connectivity index (χ0n) is 8.27. The van der Waals surface area contributed by atoms with Crippen LogP contribution in [0.15, 0.2) is 22.7 Å². The van der Waals surface area contributed by atoms with E-state index in [-0.39, 0.29) is 11.2 Å². The van der Waals surface area contributed by atoms with Gasteiger partial charge in [0, 0.05) is 17.1 Å². The highest BCUT2D eigenvalue weighted by atomic mass is 79.9. The Balaban J connectivity index is 2.33. The van der Waals surface area contributed by atoms with Crippen molar-refractivity contribution in [3.8, 4) is 0 Å². The molecule has 1 atom stereocenters. The van der Waals surface area contributed by atoms with Crippen molar-refractivity contribution in [2.24, 2.45) is 5.41 Å². The molecule has 76 valence electrons. The number of hydrogen-bond donors (Lipinski definition) is 1. The summed E-state index contributed by atoms with van der Waals surface area (Å²) in [6.45, 7) is 5.44. The first kappa shape index (κ1) is 10.1. The smallest absolute Gasteiger partial charge is 0.124 e. The minimum absolute atomic E-state index is 0.197. The van der Waals surface area contributed by atoms with E-state index in [0.717, 1.165) is 16.6 Å². The van der Waals surface area contributed by atoms with Gasteiger partial charge in [-0.25, -0.2) is 4.39 Å². The molecule has 0 bridgehead atoms. The SMILES string of the molecule is CC1(C)CNC1c1ccc(F)cc1Br. The van der Waals surface area contributed by atoms with Crippen LogP contribution in [-0.2, 0) is 0 Å². The van der Waals surface area contributed by atoms with E-state index in [2.05, 4.69) is 35.1 Å². The van der Waals surface area contributed by atoms with Gasteiger partial charge in [-0.05, 0) is 23.1 Å². The van der Waals surface area contributed by atoms with Gasteiger partial charge in [0.25, 0.3) is 0 Å². The van der Waals surface area contributed by atoms with Gasteiger partial charge in [-0.2, -0.15) is 0 Å². The van der Waals surface area contributed by atoms with Crippen LogP contribution in [0.25, 0.3) is 0 Å². The normalized spacial score (nSPS) is 24.4. The fraction of sp³-hybridized carbons (Fsp3) is 0.455. The van der Waals surface area contributed by atoms with Gasteiger partial charge in [0.15, 0.2) is 0 Å². The molecule has 1 aliphatic heterocycles. The molecule has 1 fully saturated rings. The molecule has 0 aromatic heterocycles. The van der Waals surface area contributed by atoms with E-state index in [1.54, 1.807) is 0 Å². The molecule has 2 rings (SSSR count). The topological polar surface area (TPSA) is 12.0 Å². The molecule has 0 amide bonds. The standard InChI is InChI=1S/C11H13BrFN/c1-11(2)6-14-10(11)8-4-3-7(13)5-9(8)12/h3-5,10,14H,6H2,1-2H3. The van der Waals surface area contributed by atoms with Gasteiger partial charge in [-0.3, -0.25) is 0 Å². The molecule has 1 saturated heterocycles. The Bertz CT molecular complexity index is 362. The minimum atomic E-state index is -0.197. The highest BCUT2D eigenvalue weighted by Crippen LogP contribution is 2.42. The van der Waals surface area contributed by atoms with Crippen LogP contribution in [-0.4, -0.2) is 6.54 Å². The largest absolute Gasteiger partial charge is 0.309 e. The molecule has 14 heavy (non-hydrogen) atoms. The van der Waals surface area contributed by atoms with Crippen molar-refractivity contribution in [1.29, 1.82) is 0 Å². The van der Waals surface area contributed by atoms with E-state index >= 15 is 0 Å². The number of rotatable bonds is 1. The van der Waals surface area contributed by atoms with Crippen molar-refractivity contribution in [3.05, 3.63) is 34.1 Å². The molecule has 0 saturated carbocycles. The average molecular weight is 258 g/mol. The second-order valence-electron chi connectivity index (χ2n) is 4.47. The third-order valence-corrected chi connectivity index (χ3v) is 3.50. The van der Waals surface area contributed by atoms with E-state index in [9.17, 15) is 4.39 Å². The van der Waals surface area contributed by atoms with E-state index in [0.29, 0.717) is 6.04 Å². The molecule has 3 heteroatoms. The summed E-state index contributed by atoms with van der Waals surface area (Å²) in [6, 6.07) is 5.21. The lowest BCUT2D eigenvalue weighted by atomic mass is 9.74. The minimum Gasteiger partial charge on any atom is -0.309 e. The molecule has 0 radical (unpaired) electrons. The molecule has 1 unspecified atom stereocenters. The van der Waals surface area contributed by atoms with Crippen molar-refractivity contribution >= 4 is 15.9 Å². The van der Waals surface area contributed by atoms with E-state index in [1.807, 2.05) is 6.07 Å². The Morgan fingerprint density at radius 2 is 2.21 bits per heavy atom. The van der Waals surface area contributed by atoms with Crippen molar-refractivity contribution in [1.82, 2.24) is 5.32 Å². The molecule has 0 spiro atoms. The Morgan fingerprint density at radius 3 is 2.64 bits per heavy atom. The number of benzene rings is 1. The maximum atomic E-state index is 12.9. The van der Waals surface area contributed by atoms with Crippen molar-refractivity contribution in [2.45, 2.75) is 19.9 Å². The average Bonchev–Trinajstić information content (AvgIpc) is 2.08. The third kappa shape index (κ3) is 1.59. The van der Waals surface area contributed by atoms with Gasteiger partial charge in [-0.15, -0.1) is 0 Å². The molecule has 1 aliphatic rings. The van der Waals surface area contributed by atoms with E-state index < -0.39 is 0 Å². The van der Waals surface area contributed by atoms with Gasteiger partial charge in [0.05, 0.1) is 0 Å². The fourth-order valence-electron chi connectivity index (χ4n) is 1.88. The van der Waals surface area contributed by atoms with Crippen LogP contribution in [0.4, 0.5) is 4.39 Å². The Kier molecular flexibility index (Phi) is 2.40. The molecule has 1 aromatic carbocycles. The van der Waals surface area contributed by atoms with Crippen LogP contribution >= 0.6 is 15.9 Å². The number of halogens is 2. The Hall–Kier alpha value is -0.410. The summed E-state index contributed by atoms with van der Waals surface area (Å²) in [5, 5.41) is 3.36. The molecule has 1 N–H and O–H groups in total. The maximum absolute atomic E-state index is 12.9. The zero-order valence-corrected chi connectivity index (χ0v) is 9.86. The maximum Gasteiger partial charge on any atom is 0.124 e. The summed E-state index contributed by atoms with van der Waals surface area (Å²) < 4.78 is 13.7. The molecule has 1 nitrogen and oxygen atoms in total. The Labute approximate surface area is 91.8 Å². The lowest BCUT2D eigenvalue weighted by molar-refractivity contribution is 0.127. The molecule has 0 aliphatic carbocycles. The lowest BCUT2D eigenvalue weighted by Crippen LogP contribution is -2.52. The predicted octanol–water partition coefficient (Wildman–Crippen LogP) is 3.26. The van der Waals surface area contributed by atoms with Gasteiger partial charge in [0.2, 0.25) is 0 Å². The monoisotopic (exact) mass is 257 g/mol. The summed E-state index contributed by atoms with van der Waals surface area (Å²) in [4.78, 5) is 0. The van der Waals surface area contributed by atoms with Crippen LogP contribution in [0.3, 0.4) is 0 Å². The first-order valence-corrected chi connectivity index (χ1v) is 5.48. The van der Waals surface area contributed by atoms with Crippen molar-refractivity contribution < 1.29 is 4.39 Å². The third-order valence-electron chi connectivity index (χ3n) is 2.82. The lowest BCUT2D eigenvalue weighted by Gasteiger charge is -2.46. The number of hydrogen-bond acceptors (Lipinski definition) is 1. The van der Waals surface area contributed by atoms with Crippen LogP contribution in [0.5, 0.6) is 0 Å². The van der Waals surface area contributed by atoms with E-state index in [4.69, 9.17) is 0 Å². The highest BCUT2D eigenvalue weighted by molar-refractivity contribution is 9.10. The molecular weight excluding hydrogens is 245 g/mol. The van der Waals surface area contributed by atoms with Gasteiger partial charge >= 0.3 is 0 Å². The molecular formula is C11H13BrFN. The summed E-state index contributed by atoms with van der Waals surface area (Å²) in [7, 11) is 0. The van der Waals surface area contributed by atoms with E-state index in [1.165, 1.54) is 12.1 Å². The molecule has 1 heterocycles. The van der Waals surface area contributed by atoms with Crippen LogP contribution < -0.4 is 5.32 Å². The zero-order chi connectivity index (χ0) is 10.3. The van der Waals surface area contributed by atoms with Gasteiger partial charge < -0.3 is 5.32 Å². The van der Waals surface area contributed by atoms with Crippen LogP contribution in [0, 0.1) is 11.2 Å². The Morgan fingerprint density at radius 1 is 1.50 bits per heavy atom. The summed E-state index contributed by atoms with van der Waals surface area (Å²) in [5.74, 6) is -0.197. The van der Waals surface area contributed by atoms with Crippen LogP contribution in [0.2, 0.25) is 0 Å².